The molecule has 148 valence electrons. The first-order valence-corrected chi connectivity index (χ1v) is 9.85. The minimum atomic E-state index is -4.34. The summed E-state index contributed by atoms with van der Waals surface area (Å²) in [5, 5.41) is 5.93. The number of nitrogens with zero attached hydrogens (tertiary/aromatic N) is 1. The third-order valence-corrected chi connectivity index (χ3v) is 6.41. The number of rotatable bonds is 6. The molecule has 0 unspecified atom stereocenters. The van der Waals surface area contributed by atoms with Crippen LogP contribution in [0.1, 0.15) is 31.9 Å². The van der Waals surface area contributed by atoms with Crippen LogP contribution in [0.25, 0.3) is 0 Å². The van der Waals surface area contributed by atoms with E-state index >= 15 is 0 Å². The molecule has 0 spiro atoms. The fourth-order valence-corrected chi connectivity index (χ4v) is 3.00. The summed E-state index contributed by atoms with van der Waals surface area (Å²) in [5.74, 6) is 0.428. The van der Waals surface area contributed by atoms with Crippen LogP contribution in [0.15, 0.2) is 29.3 Å². The number of nitrogens with one attached hydrogen (secondary N) is 2. The lowest BCUT2D eigenvalue weighted by Gasteiger charge is -2.19. The molecule has 0 atom stereocenters. The summed E-state index contributed by atoms with van der Waals surface area (Å²) in [6, 6.07) is 4.99. The van der Waals surface area contributed by atoms with Gasteiger partial charge in [0.15, 0.2) is 15.8 Å². The maximum atomic E-state index is 12.5. The van der Waals surface area contributed by atoms with Crippen LogP contribution in [0.3, 0.4) is 0 Å². The Bertz CT molecular complexity index is 706. The first-order chi connectivity index (χ1) is 11.9. The second kappa shape index (κ2) is 8.75. The Morgan fingerprint density at radius 3 is 2.04 bits per heavy atom. The average molecular weight is 393 g/mol. The number of aliphatic imine (C=N–C) groups is 1. The van der Waals surface area contributed by atoms with Crippen LogP contribution in [0.5, 0.6) is 0 Å². The number of sulfone groups is 1. The highest BCUT2D eigenvalue weighted by atomic mass is 32.2. The number of benzene rings is 1. The number of hydrogen-bond donors (Lipinski definition) is 2. The van der Waals surface area contributed by atoms with Crippen molar-refractivity contribution >= 4 is 15.8 Å². The van der Waals surface area contributed by atoms with Gasteiger partial charge in [0.05, 0.1) is 16.1 Å². The van der Waals surface area contributed by atoms with E-state index < -0.39 is 26.3 Å². The maximum absolute atomic E-state index is 12.5. The Labute approximate surface area is 153 Å². The molecule has 0 saturated heterocycles. The third kappa shape index (κ3) is 6.86. The summed E-state index contributed by atoms with van der Waals surface area (Å²) in [6.45, 7) is 5.63. The van der Waals surface area contributed by atoms with E-state index in [1.54, 1.807) is 27.8 Å². The van der Waals surface area contributed by atoms with Crippen molar-refractivity contribution in [1.29, 1.82) is 0 Å². The van der Waals surface area contributed by atoms with Crippen LogP contribution < -0.4 is 10.6 Å². The van der Waals surface area contributed by atoms with E-state index in [0.717, 1.165) is 17.7 Å². The summed E-state index contributed by atoms with van der Waals surface area (Å²) in [7, 11) is -1.66. The lowest BCUT2D eigenvalue weighted by Crippen LogP contribution is -2.42. The molecule has 0 aliphatic carbocycles. The van der Waals surface area contributed by atoms with Crippen LogP contribution in [0, 0.1) is 0 Å². The molecule has 0 heterocycles. The summed E-state index contributed by atoms with van der Waals surface area (Å²) >= 11 is 0. The fraction of sp³-hybridized carbons (Fsp3) is 0.588. The summed E-state index contributed by atoms with van der Waals surface area (Å²) < 4.78 is 60.8. The van der Waals surface area contributed by atoms with Gasteiger partial charge in [-0.2, -0.15) is 13.2 Å². The third-order valence-electron chi connectivity index (χ3n) is 3.81. The van der Waals surface area contributed by atoms with Crippen LogP contribution in [0.4, 0.5) is 13.2 Å². The van der Waals surface area contributed by atoms with Gasteiger partial charge in [0.2, 0.25) is 0 Å². The quantitative estimate of drug-likeness (QED) is 0.576. The van der Waals surface area contributed by atoms with Crippen molar-refractivity contribution in [3.8, 4) is 0 Å². The van der Waals surface area contributed by atoms with Gasteiger partial charge < -0.3 is 10.6 Å². The van der Waals surface area contributed by atoms with Crippen LogP contribution in [0.2, 0.25) is 0 Å². The minimum Gasteiger partial charge on any atom is -0.356 e. The predicted molar refractivity (Wildman–Crippen MR) is 98.1 cm³/mol. The molecular weight excluding hydrogens is 367 g/mol. The predicted octanol–water partition coefficient (Wildman–Crippen LogP) is 2.63. The second-order valence-electron chi connectivity index (χ2n) is 6.80. The monoisotopic (exact) mass is 393 g/mol. The maximum Gasteiger partial charge on any atom is 0.416 e. The summed E-state index contributed by atoms with van der Waals surface area (Å²) in [6.07, 6.45) is -3.82. The number of alkyl halides is 3. The molecule has 9 heteroatoms. The van der Waals surface area contributed by atoms with Crippen LogP contribution in [-0.2, 0) is 22.4 Å². The van der Waals surface area contributed by atoms with Gasteiger partial charge in [-0.25, -0.2) is 8.42 Å². The van der Waals surface area contributed by atoms with Crippen molar-refractivity contribution in [3.63, 3.8) is 0 Å². The van der Waals surface area contributed by atoms with Crippen molar-refractivity contribution in [2.75, 3.05) is 25.9 Å². The Hall–Kier alpha value is -1.77. The van der Waals surface area contributed by atoms with E-state index in [9.17, 15) is 21.6 Å². The lowest BCUT2D eigenvalue weighted by molar-refractivity contribution is -0.137. The van der Waals surface area contributed by atoms with Crippen molar-refractivity contribution in [2.24, 2.45) is 4.99 Å². The van der Waals surface area contributed by atoms with E-state index in [0.29, 0.717) is 18.9 Å². The molecule has 0 aliphatic heterocycles. The van der Waals surface area contributed by atoms with E-state index in [-0.39, 0.29) is 12.3 Å². The van der Waals surface area contributed by atoms with Gasteiger partial charge in [-0.05, 0) is 44.9 Å². The lowest BCUT2D eigenvalue weighted by atomic mass is 10.1. The van der Waals surface area contributed by atoms with Gasteiger partial charge in [0.1, 0.15) is 0 Å². The number of halogens is 3. The molecule has 0 aromatic heterocycles. The van der Waals surface area contributed by atoms with Gasteiger partial charge >= 0.3 is 6.18 Å². The molecule has 0 saturated carbocycles. The Balaban J connectivity index is 2.44. The molecule has 0 amide bonds. The van der Waals surface area contributed by atoms with Crippen molar-refractivity contribution in [3.05, 3.63) is 35.4 Å². The van der Waals surface area contributed by atoms with Crippen LogP contribution >= 0.6 is 0 Å². The Morgan fingerprint density at radius 2 is 1.58 bits per heavy atom. The number of guanidine groups is 1. The highest BCUT2D eigenvalue weighted by Gasteiger charge is 2.30. The molecule has 1 aromatic carbocycles. The molecule has 0 bridgehead atoms. The molecular formula is C17H26F3N3O2S. The van der Waals surface area contributed by atoms with Gasteiger partial charge in [-0.3, -0.25) is 4.99 Å². The zero-order valence-corrected chi connectivity index (χ0v) is 16.3. The first-order valence-electron chi connectivity index (χ1n) is 8.20. The molecule has 0 radical (unpaired) electrons. The second-order valence-corrected chi connectivity index (χ2v) is 9.66. The van der Waals surface area contributed by atoms with E-state index in [1.807, 2.05) is 0 Å². The standard InChI is InChI=1S/C17H26F3N3O2S/c1-16(2,3)26(24,25)12-11-23-15(21-4)22-10-9-13-5-7-14(8-6-13)17(18,19)20/h5-8H,9-12H2,1-4H3,(H2,21,22,23). The summed E-state index contributed by atoms with van der Waals surface area (Å²) in [5.41, 5.74) is 0.0861. The van der Waals surface area contributed by atoms with Gasteiger partial charge in [0, 0.05) is 20.1 Å². The molecule has 2 N–H and O–H groups in total. The van der Waals surface area contributed by atoms with Crippen molar-refractivity contribution < 1.29 is 21.6 Å². The molecule has 0 fully saturated rings. The molecule has 1 rings (SSSR count). The highest BCUT2D eigenvalue weighted by Crippen LogP contribution is 2.29. The first kappa shape index (κ1) is 22.3. The van der Waals surface area contributed by atoms with E-state index in [1.165, 1.54) is 12.1 Å². The van der Waals surface area contributed by atoms with Crippen LogP contribution in [-0.4, -0.2) is 45.0 Å². The molecule has 5 nitrogen and oxygen atoms in total. The van der Waals surface area contributed by atoms with Gasteiger partial charge in [0.25, 0.3) is 0 Å². The Morgan fingerprint density at radius 1 is 1.04 bits per heavy atom. The molecule has 26 heavy (non-hydrogen) atoms. The van der Waals surface area contributed by atoms with Gasteiger partial charge in [-0.15, -0.1) is 0 Å². The molecule has 1 aromatic rings. The topological polar surface area (TPSA) is 70.6 Å². The van der Waals surface area contributed by atoms with E-state index in [2.05, 4.69) is 15.6 Å². The minimum absolute atomic E-state index is 0.0178. The van der Waals surface area contributed by atoms with Crippen molar-refractivity contribution in [2.45, 2.75) is 38.1 Å². The largest absolute Gasteiger partial charge is 0.416 e. The SMILES string of the molecule is CN=C(NCCc1ccc(C(F)(F)F)cc1)NCCS(=O)(=O)C(C)(C)C. The summed E-state index contributed by atoms with van der Waals surface area (Å²) in [4.78, 5) is 4.00. The van der Waals surface area contributed by atoms with E-state index in [4.69, 9.17) is 0 Å². The normalized spacial score (nSPS) is 13.6. The number of hydrogen-bond acceptors (Lipinski definition) is 3. The fourth-order valence-electron chi connectivity index (χ4n) is 2.02. The zero-order chi connectivity index (χ0) is 20.0. The smallest absolute Gasteiger partial charge is 0.356 e. The highest BCUT2D eigenvalue weighted by molar-refractivity contribution is 7.92. The van der Waals surface area contributed by atoms with Crippen molar-refractivity contribution in [1.82, 2.24) is 10.6 Å². The average Bonchev–Trinajstić information content (AvgIpc) is 2.51. The Kier molecular flexibility index (Phi) is 7.49. The van der Waals surface area contributed by atoms with Gasteiger partial charge in [-0.1, -0.05) is 12.1 Å². The molecule has 0 aliphatic rings. The zero-order valence-electron chi connectivity index (χ0n) is 15.4.